The van der Waals surface area contributed by atoms with E-state index in [1.807, 2.05) is 0 Å². The minimum atomic E-state index is -0.851. The van der Waals surface area contributed by atoms with E-state index in [4.69, 9.17) is 9.47 Å². The molecule has 184 valence electrons. The number of aliphatic hydroxyl groups excluding tert-OH is 1. The SMILES string of the molecule is COC(=O)c1ccc([C@@H]2C(=C(O)c3ccc(F)cc3)C(=O)C(=O)N2CCCN2CCOCC2)cc1. The Kier molecular flexibility index (Phi) is 7.57. The Balaban J connectivity index is 1.68. The predicted octanol–water partition coefficient (Wildman–Crippen LogP) is 2.76. The van der Waals surface area contributed by atoms with E-state index in [0.717, 1.165) is 19.6 Å². The van der Waals surface area contributed by atoms with Crippen LogP contribution in [0.4, 0.5) is 4.39 Å². The average molecular weight is 483 g/mol. The number of aliphatic hydroxyl groups is 1. The van der Waals surface area contributed by atoms with Gasteiger partial charge in [-0.15, -0.1) is 0 Å². The molecule has 4 rings (SSSR count). The molecule has 8 nitrogen and oxygen atoms in total. The summed E-state index contributed by atoms with van der Waals surface area (Å²) in [5, 5.41) is 11.0. The van der Waals surface area contributed by atoms with Crippen LogP contribution in [0.2, 0.25) is 0 Å². The lowest BCUT2D eigenvalue weighted by molar-refractivity contribution is -0.140. The Morgan fingerprint density at radius 1 is 1.03 bits per heavy atom. The maximum absolute atomic E-state index is 13.4. The Morgan fingerprint density at radius 3 is 2.29 bits per heavy atom. The van der Waals surface area contributed by atoms with E-state index in [2.05, 4.69) is 4.90 Å². The van der Waals surface area contributed by atoms with Gasteiger partial charge in [0.15, 0.2) is 0 Å². The Hall–Kier alpha value is -3.56. The highest BCUT2D eigenvalue weighted by Gasteiger charge is 2.45. The van der Waals surface area contributed by atoms with Gasteiger partial charge in [-0.05, 0) is 48.4 Å². The molecule has 0 saturated carbocycles. The van der Waals surface area contributed by atoms with E-state index in [1.165, 1.54) is 36.3 Å². The van der Waals surface area contributed by atoms with Crippen molar-refractivity contribution in [3.8, 4) is 0 Å². The lowest BCUT2D eigenvalue weighted by Crippen LogP contribution is -2.39. The number of hydrogen-bond donors (Lipinski definition) is 1. The second kappa shape index (κ2) is 10.8. The number of halogens is 1. The van der Waals surface area contributed by atoms with Crippen molar-refractivity contribution in [3.63, 3.8) is 0 Å². The number of benzene rings is 2. The van der Waals surface area contributed by atoms with Crippen LogP contribution in [-0.4, -0.2) is 79.1 Å². The van der Waals surface area contributed by atoms with Gasteiger partial charge in [0.25, 0.3) is 11.7 Å². The molecule has 35 heavy (non-hydrogen) atoms. The zero-order chi connectivity index (χ0) is 24.9. The number of carbonyl (C=O) groups excluding carboxylic acids is 3. The summed E-state index contributed by atoms with van der Waals surface area (Å²) >= 11 is 0. The maximum atomic E-state index is 13.4. The summed E-state index contributed by atoms with van der Waals surface area (Å²) in [6, 6.07) is 10.6. The molecule has 2 aliphatic rings. The van der Waals surface area contributed by atoms with Crippen LogP contribution >= 0.6 is 0 Å². The van der Waals surface area contributed by atoms with Crippen molar-refractivity contribution >= 4 is 23.4 Å². The summed E-state index contributed by atoms with van der Waals surface area (Å²) < 4.78 is 23.5. The first-order chi connectivity index (χ1) is 16.9. The number of amides is 1. The number of ether oxygens (including phenoxy) is 2. The number of hydrogen-bond acceptors (Lipinski definition) is 7. The molecule has 0 radical (unpaired) electrons. The number of methoxy groups -OCH3 is 1. The Morgan fingerprint density at radius 2 is 1.66 bits per heavy atom. The second-order valence-electron chi connectivity index (χ2n) is 8.42. The fraction of sp³-hybridized carbons (Fsp3) is 0.346. The van der Waals surface area contributed by atoms with E-state index in [-0.39, 0.29) is 16.9 Å². The van der Waals surface area contributed by atoms with Gasteiger partial charge >= 0.3 is 5.97 Å². The van der Waals surface area contributed by atoms with Crippen LogP contribution < -0.4 is 0 Å². The van der Waals surface area contributed by atoms with Crippen molar-refractivity contribution in [2.75, 3.05) is 46.5 Å². The van der Waals surface area contributed by atoms with Crippen molar-refractivity contribution in [2.45, 2.75) is 12.5 Å². The topological polar surface area (TPSA) is 96.4 Å². The maximum Gasteiger partial charge on any atom is 0.337 e. The van der Waals surface area contributed by atoms with Gasteiger partial charge in [-0.3, -0.25) is 14.5 Å². The normalized spacial score (nSPS) is 20.3. The molecule has 2 aliphatic heterocycles. The quantitative estimate of drug-likeness (QED) is 0.281. The number of ketones is 1. The summed E-state index contributed by atoms with van der Waals surface area (Å²) in [5.74, 6) is -2.89. The second-order valence-corrected chi connectivity index (χ2v) is 8.42. The van der Waals surface area contributed by atoms with E-state index in [0.29, 0.717) is 37.3 Å². The van der Waals surface area contributed by atoms with Gasteiger partial charge in [-0.25, -0.2) is 9.18 Å². The molecule has 1 N–H and O–H groups in total. The molecule has 2 heterocycles. The van der Waals surface area contributed by atoms with E-state index in [9.17, 15) is 23.9 Å². The van der Waals surface area contributed by atoms with Crippen LogP contribution in [0.1, 0.15) is 33.9 Å². The van der Waals surface area contributed by atoms with Crippen molar-refractivity contribution in [1.29, 1.82) is 0 Å². The van der Waals surface area contributed by atoms with Gasteiger partial charge < -0.3 is 19.5 Å². The smallest absolute Gasteiger partial charge is 0.337 e. The molecule has 0 aliphatic carbocycles. The Bertz CT molecular complexity index is 1120. The third kappa shape index (κ3) is 5.26. The molecular weight excluding hydrogens is 455 g/mol. The fourth-order valence-corrected chi connectivity index (χ4v) is 4.43. The van der Waals surface area contributed by atoms with Gasteiger partial charge in [0, 0.05) is 31.7 Å². The van der Waals surface area contributed by atoms with E-state index >= 15 is 0 Å². The zero-order valence-electron chi connectivity index (χ0n) is 19.4. The first-order valence-corrected chi connectivity index (χ1v) is 11.4. The monoisotopic (exact) mass is 482 g/mol. The van der Waals surface area contributed by atoms with Crippen LogP contribution in [0.5, 0.6) is 0 Å². The summed E-state index contributed by atoms with van der Waals surface area (Å²) in [7, 11) is 1.28. The van der Waals surface area contributed by atoms with Crippen molar-refractivity contribution in [2.24, 2.45) is 0 Å². The van der Waals surface area contributed by atoms with E-state index in [1.54, 1.807) is 24.3 Å². The Labute approximate surface area is 202 Å². The molecule has 2 aromatic rings. The standard InChI is InChI=1S/C26H27FN2O6/c1-34-26(33)19-5-3-17(4-6-19)22-21(23(30)18-7-9-20(27)10-8-18)24(31)25(32)29(22)12-2-11-28-13-15-35-16-14-28/h3-10,22,30H,2,11-16H2,1H3/t22-/m1/s1. The van der Waals surface area contributed by atoms with Crippen LogP contribution in [0.3, 0.4) is 0 Å². The number of esters is 1. The van der Waals surface area contributed by atoms with Crippen LogP contribution in [-0.2, 0) is 19.1 Å². The zero-order valence-corrected chi connectivity index (χ0v) is 19.4. The van der Waals surface area contributed by atoms with Gasteiger partial charge in [-0.1, -0.05) is 12.1 Å². The van der Waals surface area contributed by atoms with Crippen molar-refractivity contribution in [3.05, 3.63) is 76.6 Å². The first-order valence-electron chi connectivity index (χ1n) is 11.4. The van der Waals surface area contributed by atoms with Crippen LogP contribution in [0, 0.1) is 5.82 Å². The number of likely N-dealkylation sites (tertiary alicyclic amines) is 1. The highest BCUT2D eigenvalue weighted by molar-refractivity contribution is 6.46. The third-order valence-corrected chi connectivity index (χ3v) is 6.28. The van der Waals surface area contributed by atoms with Gasteiger partial charge in [0.2, 0.25) is 0 Å². The average Bonchev–Trinajstić information content (AvgIpc) is 3.14. The first kappa shape index (κ1) is 24.6. The molecule has 2 fully saturated rings. The largest absolute Gasteiger partial charge is 0.507 e. The number of Topliss-reactive ketones (excluding diaryl/α,β-unsaturated/α-hetero) is 1. The molecule has 2 aromatic carbocycles. The summed E-state index contributed by atoms with van der Waals surface area (Å²) in [6.45, 7) is 3.97. The van der Waals surface area contributed by atoms with Gasteiger partial charge in [0.05, 0.1) is 37.5 Å². The molecule has 9 heteroatoms. The van der Waals surface area contributed by atoms with E-state index < -0.39 is 29.5 Å². The molecule has 2 saturated heterocycles. The minimum Gasteiger partial charge on any atom is -0.507 e. The molecule has 0 aromatic heterocycles. The fourth-order valence-electron chi connectivity index (χ4n) is 4.43. The lowest BCUT2D eigenvalue weighted by Gasteiger charge is -2.29. The van der Waals surface area contributed by atoms with Crippen LogP contribution in [0.25, 0.3) is 5.76 Å². The minimum absolute atomic E-state index is 0.0706. The molecule has 1 amide bonds. The molecule has 0 spiro atoms. The molecule has 0 unspecified atom stereocenters. The number of carbonyl (C=O) groups is 3. The third-order valence-electron chi connectivity index (χ3n) is 6.28. The lowest BCUT2D eigenvalue weighted by atomic mass is 9.94. The highest BCUT2D eigenvalue weighted by atomic mass is 19.1. The summed E-state index contributed by atoms with van der Waals surface area (Å²) in [6.07, 6.45) is 0.625. The number of morpholine rings is 1. The van der Waals surface area contributed by atoms with Crippen LogP contribution in [0.15, 0.2) is 54.1 Å². The summed E-state index contributed by atoms with van der Waals surface area (Å²) in [4.78, 5) is 41.7. The molecule has 0 bridgehead atoms. The van der Waals surface area contributed by atoms with Crippen molar-refractivity contribution < 1.29 is 33.4 Å². The number of rotatable bonds is 7. The molecular formula is C26H27FN2O6. The highest BCUT2D eigenvalue weighted by Crippen LogP contribution is 2.39. The summed E-state index contributed by atoms with van der Waals surface area (Å²) in [5.41, 5.74) is 1.04. The predicted molar refractivity (Wildman–Crippen MR) is 125 cm³/mol. The van der Waals surface area contributed by atoms with Crippen molar-refractivity contribution in [1.82, 2.24) is 9.80 Å². The van der Waals surface area contributed by atoms with Gasteiger partial charge in [0.1, 0.15) is 11.6 Å². The molecule has 1 atom stereocenters. The van der Waals surface area contributed by atoms with Gasteiger partial charge in [-0.2, -0.15) is 0 Å². The number of nitrogens with zero attached hydrogens (tertiary/aromatic N) is 2.